The van der Waals surface area contributed by atoms with Gasteiger partial charge in [0.15, 0.2) is 0 Å². The first-order valence-corrected chi connectivity index (χ1v) is 7.19. The Morgan fingerprint density at radius 2 is 1.95 bits per heavy atom. The Bertz CT molecular complexity index is 343. The lowest BCUT2D eigenvalue weighted by atomic mass is 10.2. The minimum absolute atomic E-state index is 0.746. The zero-order chi connectivity index (χ0) is 14.6. The van der Waals surface area contributed by atoms with Crippen LogP contribution in [0.4, 0.5) is 5.82 Å². The van der Waals surface area contributed by atoms with E-state index >= 15 is 0 Å². The van der Waals surface area contributed by atoms with Crippen LogP contribution >= 0.6 is 0 Å². The molecule has 1 aromatic heterocycles. The number of nitrogens with one attached hydrogen (secondary N) is 1. The predicted molar refractivity (Wildman–Crippen MR) is 82.0 cm³/mol. The molecule has 0 radical (unpaired) electrons. The lowest BCUT2D eigenvalue weighted by molar-refractivity contribution is 0.129. The number of hydrogen-bond donors (Lipinski definition) is 1. The molecule has 5 heteroatoms. The molecular formula is C15H27N3O2. The van der Waals surface area contributed by atoms with Gasteiger partial charge in [0.05, 0.1) is 6.61 Å². The minimum atomic E-state index is 0.746. The fraction of sp³-hybridized carbons (Fsp3) is 0.667. The van der Waals surface area contributed by atoms with Crippen LogP contribution in [0.15, 0.2) is 18.3 Å². The van der Waals surface area contributed by atoms with E-state index in [-0.39, 0.29) is 0 Å². The smallest absolute Gasteiger partial charge is 0.125 e. The number of rotatable bonds is 11. The van der Waals surface area contributed by atoms with Crippen LogP contribution in [0.1, 0.15) is 18.9 Å². The molecule has 0 aliphatic heterocycles. The molecule has 0 bridgehead atoms. The van der Waals surface area contributed by atoms with Crippen molar-refractivity contribution in [1.29, 1.82) is 0 Å². The lowest BCUT2D eigenvalue weighted by Gasteiger charge is -2.21. The van der Waals surface area contributed by atoms with Gasteiger partial charge in [-0.2, -0.15) is 0 Å². The highest BCUT2D eigenvalue weighted by molar-refractivity contribution is 5.35. The molecule has 1 rings (SSSR count). The van der Waals surface area contributed by atoms with E-state index in [1.165, 1.54) is 5.56 Å². The van der Waals surface area contributed by atoms with Crippen molar-refractivity contribution in [3.63, 3.8) is 0 Å². The van der Waals surface area contributed by atoms with Crippen molar-refractivity contribution in [3.05, 3.63) is 23.9 Å². The van der Waals surface area contributed by atoms with Crippen LogP contribution < -0.4 is 5.32 Å². The van der Waals surface area contributed by atoms with Crippen molar-refractivity contribution in [2.45, 2.75) is 19.9 Å². The van der Waals surface area contributed by atoms with Gasteiger partial charge in [-0.25, -0.2) is 4.98 Å². The molecule has 0 fully saturated rings. The standard InChI is InChI=1S/C15H27N3O2/c1-4-16-15-7-6-14(12-17-15)13-18(9-11-20-3)8-5-10-19-2/h6-7,12H,4-5,8-11,13H2,1-3H3,(H,16,17). The zero-order valence-electron chi connectivity index (χ0n) is 12.9. The molecule has 20 heavy (non-hydrogen) atoms. The quantitative estimate of drug-likeness (QED) is 0.629. The van der Waals surface area contributed by atoms with Gasteiger partial charge in [-0.1, -0.05) is 6.07 Å². The number of aromatic nitrogens is 1. The molecule has 0 aliphatic rings. The second-order valence-electron chi connectivity index (χ2n) is 4.70. The first-order valence-electron chi connectivity index (χ1n) is 7.19. The second-order valence-corrected chi connectivity index (χ2v) is 4.70. The van der Waals surface area contributed by atoms with Crippen LogP contribution in [0, 0.1) is 0 Å². The molecule has 5 nitrogen and oxygen atoms in total. The first-order chi connectivity index (χ1) is 9.80. The third-order valence-electron chi connectivity index (χ3n) is 3.02. The van der Waals surface area contributed by atoms with E-state index in [1.807, 2.05) is 12.3 Å². The summed E-state index contributed by atoms with van der Waals surface area (Å²) in [4.78, 5) is 6.77. The first kappa shape index (κ1) is 16.9. The van der Waals surface area contributed by atoms with Crippen molar-refractivity contribution < 1.29 is 9.47 Å². The number of pyridine rings is 1. The third kappa shape index (κ3) is 6.84. The van der Waals surface area contributed by atoms with Crippen LogP contribution in [0.3, 0.4) is 0 Å². The molecule has 1 aromatic rings. The number of ether oxygens (including phenoxy) is 2. The number of methoxy groups -OCH3 is 2. The van der Waals surface area contributed by atoms with Crippen molar-refractivity contribution in [2.75, 3.05) is 52.4 Å². The second kappa shape index (κ2) is 10.6. The molecule has 0 atom stereocenters. The summed E-state index contributed by atoms with van der Waals surface area (Å²) < 4.78 is 10.3. The van der Waals surface area contributed by atoms with Gasteiger partial charge in [-0.05, 0) is 25.0 Å². The fourth-order valence-corrected chi connectivity index (χ4v) is 1.98. The van der Waals surface area contributed by atoms with Crippen LogP contribution in [0.5, 0.6) is 0 Å². The number of anilines is 1. The molecule has 0 amide bonds. The van der Waals surface area contributed by atoms with Gasteiger partial charge in [0, 0.05) is 53.2 Å². The maximum atomic E-state index is 5.17. The summed E-state index contributed by atoms with van der Waals surface area (Å²) in [5.74, 6) is 0.930. The third-order valence-corrected chi connectivity index (χ3v) is 3.02. The zero-order valence-corrected chi connectivity index (χ0v) is 12.9. The van der Waals surface area contributed by atoms with Crippen molar-refractivity contribution >= 4 is 5.82 Å². The maximum absolute atomic E-state index is 5.17. The van der Waals surface area contributed by atoms with Gasteiger partial charge in [0.2, 0.25) is 0 Å². The summed E-state index contributed by atoms with van der Waals surface area (Å²) in [6.07, 6.45) is 2.97. The highest BCUT2D eigenvalue weighted by Gasteiger charge is 2.06. The average Bonchev–Trinajstić information content (AvgIpc) is 2.47. The van der Waals surface area contributed by atoms with Crippen LogP contribution in [-0.2, 0) is 16.0 Å². The molecule has 1 heterocycles. The van der Waals surface area contributed by atoms with Gasteiger partial charge >= 0.3 is 0 Å². The molecule has 0 saturated carbocycles. The van der Waals surface area contributed by atoms with Crippen molar-refractivity contribution in [1.82, 2.24) is 9.88 Å². The SMILES string of the molecule is CCNc1ccc(CN(CCCOC)CCOC)cn1. The predicted octanol–water partition coefficient (Wildman–Crippen LogP) is 2.00. The van der Waals surface area contributed by atoms with Gasteiger partial charge in [-0.15, -0.1) is 0 Å². The van der Waals surface area contributed by atoms with Gasteiger partial charge in [-0.3, -0.25) is 4.90 Å². The van der Waals surface area contributed by atoms with Crippen molar-refractivity contribution in [3.8, 4) is 0 Å². The normalized spacial score (nSPS) is 11.0. The molecule has 0 aromatic carbocycles. The summed E-state index contributed by atoms with van der Waals surface area (Å²) in [6, 6.07) is 4.16. The Hall–Kier alpha value is -1.17. The Labute approximate surface area is 122 Å². The van der Waals surface area contributed by atoms with Gasteiger partial charge in [0.25, 0.3) is 0 Å². The summed E-state index contributed by atoms with van der Waals surface area (Å²) in [5.41, 5.74) is 1.22. The Balaban J connectivity index is 2.48. The van der Waals surface area contributed by atoms with Crippen molar-refractivity contribution in [2.24, 2.45) is 0 Å². The molecule has 0 spiro atoms. The van der Waals surface area contributed by atoms with E-state index in [4.69, 9.17) is 9.47 Å². The van der Waals surface area contributed by atoms with Crippen LogP contribution in [0.2, 0.25) is 0 Å². The molecule has 1 N–H and O–H groups in total. The fourth-order valence-electron chi connectivity index (χ4n) is 1.98. The van der Waals surface area contributed by atoms with Crippen LogP contribution in [0.25, 0.3) is 0 Å². The topological polar surface area (TPSA) is 46.6 Å². The van der Waals surface area contributed by atoms with E-state index in [1.54, 1.807) is 14.2 Å². The molecule has 114 valence electrons. The summed E-state index contributed by atoms with van der Waals surface area (Å²) in [6.45, 7) is 7.33. The number of nitrogens with zero attached hydrogens (tertiary/aromatic N) is 2. The highest BCUT2D eigenvalue weighted by Crippen LogP contribution is 2.08. The molecule has 0 aliphatic carbocycles. The van der Waals surface area contributed by atoms with Gasteiger partial charge in [0.1, 0.15) is 5.82 Å². The summed E-state index contributed by atoms with van der Waals surface area (Å²) >= 11 is 0. The van der Waals surface area contributed by atoms with Crippen LogP contribution in [-0.4, -0.2) is 57.0 Å². The minimum Gasteiger partial charge on any atom is -0.385 e. The monoisotopic (exact) mass is 281 g/mol. The van der Waals surface area contributed by atoms with E-state index in [0.717, 1.165) is 51.6 Å². The maximum Gasteiger partial charge on any atom is 0.125 e. The molecular weight excluding hydrogens is 254 g/mol. The summed E-state index contributed by atoms with van der Waals surface area (Å²) in [5, 5.41) is 3.20. The number of hydrogen-bond acceptors (Lipinski definition) is 5. The molecule has 0 unspecified atom stereocenters. The Morgan fingerprint density at radius 3 is 2.55 bits per heavy atom. The van der Waals surface area contributed by atoms with E-state index in [0.29, 0.717) is 0 Å². The summed E-state index contributed by atoms with van der Waals surface area (Å²) in [7, 11) is 3.48. The largest absolute Gasteiger partial charge is 0.385 e. The van der Waals surface area contributed by atoms with E-state index < -0.39 is 0 Å². The molecule has 0 saturated heterocycles. The highest BCUT2D eigenvalue weighted by atomic mass is 16.5. The van der Waals surface area contributed by atoms with E-state index in [9.17, 15) is 0 Å². The Morgan fingerprint density at radius 1 is 1.15 bits per heavy atom. The Kier molecular flexibility index (Phi) is 8.95. The van der Waals surface area contributed by atoms with Gasteiger partial charge < -0.3 is 14.8 Å². The average molecular weight is 281 g/mol. The lowest BCUT2D eigenvalue weighted by Crippen LogP contribution is -2.28. The van der Waals surface area contributed by atoms with E-state index in [2.05, 4.69) is 28.2 Å².